The van der Waals surface area contributed by atoms with Gasteiger partial charge < -0.3 is 5.73 Å². The molecule has 0 bridgehead atoms. The van der Waals surface area contributed by atoms with Gasteiger partial charge in [0.15, 0.2) is 0 Å². The number of thiazole rings is 1. The lowest BCUT2D eigenvalue weighted by Crippen LogP contribution is -2.43. The first-order chi connectivity index (χ1) is 7.05. The Bertz CT molecular complexity index is 386. The van der Waals surface area contributed by atoms with Crippen LogP contribution in [0, 0.1) is 0 Å². The zero-order valence-electron chi connectivity index (χ0n) is 9.42. The van der Waals surface area contributed by atoms with E-state index in [0.717, 1.165) is 5.92 Å². The molecule has 0 aliphatic heterocycles. The Morgan fingerprint density at radius 2 is 2.13 bits per heavy atom. The molecule has 0 radical (unpaired) electrons. The summed E-state index contributed by atoms with van der Waals surface area (Å²) in [6, 6.07) is 0. The number of hydrogen-bond donors (Lipinski definition) is 1. The van der Waals surface area contributed by atoms with E-state index in [2.05, 4.69) is 18.8 Å². The van der Waals surface area contributed by atoms with Crippen molar-refractivity contribution in [3.05, 3.63) is 16.1 Å². The van der Waals surface area contributed by atoms with Gasteiger partial charge in [-0.25, -0.2) is 4.98 Å². The number of nitrogens with two attached hydrogens (primary N) is 1. The number of hydrogen-bond acceptors (Lipinski definition) is 3. The second kappa shape index (κ2) is 2.83. The summed E-state index contributed by atoms with van der Waals surface area (Å²) >= 11 is 1.80. The second-order valence-electron chi connectivity index (χ2n) is 5.62. The Labute approximate surface area is 94.9 Å². The summed E-state index contributed by atoms with van der Waals surface area (Å²) in [5.74, 6) is 0.743. The van der Waals surface area contributed by atoms with E-state index >= 15 is 0 Å². The highest BCUT2D eigenvalue weighted by atomic mass is 32.1. The average molecular weight is 222 g/mol. The molecule has 0 saturated heterocycles. The van der Waals surface area contributed by atoms with Crippen LogP contribution in [0.15, 0.2) is 5.51 Å². The Hall–Kier alpha value is -0.410. The van der Waals surface area contributed by atoms with Gasteiger partial charge >= 0.3 is 0 Å². The molecular weight excluding hydrogens is 204 g/mol. The van der Waals surface area contributed by atoms with E-state index < -0.39 is 0 Å². The molecule has 82 valence electrons. The van der Waals surface area contributed by atoms with Gasteiger partial charge in [0.05, 0.1) is 11.2 Å². The van der Waals surface area contributed by atoms with Crippen LogP contribution in [-0.2, 0) is 5.41 Å². The molecule has 0 atom stereocenters. The molecule has 0 unspecified atom stereocenters. The molecule has 3 rings (SSSR count). The third-order valence-corrected chi connectivity index (χ3v) is 5.33. The molecule has 2 aliphatic carbocycles. The van der Waals surface area contributed by atoms with Crippen molar-refractivity contribution in [1.29, 1.82) is 0 Å². The average Bonchev–Trinajstić information content (AvgIpc) is 3.09. The van der Waals surface area contributed by atoms with E-state index in [1.165, 1.54) is 36.3 Å². The van der Waals surface area contributed by atoms with Crippen molar-refractivity contribution in [3.8, 4) is 0 Å². The molecule has 3 heteroatoms. The predicted molar refractivity (Wildman–Crippen MR) is 63.3 cm³/mol. The fourth-order valence-corrected chi connectivity index (χ4v) is 3.47. The highest BCUT2D eigenvalue weighted by Gasteiger charge is 2.54. The van der Waals surface area contributed by atoms with E-state index in [-0.39, 0.29) is 11.0 Å². The van der Waals surface area contributed by atoms with Gasteiger partial charge in [-0.05, 0) is 25.7 Å². The fraction of sp³-hybridized carbons (Fsp3) is 0.750. The lowest BCUT2D eigenvalue weighted by atomic mass is 9.79. The maximum Gasteiger partial charge on any atom is 0.0798 e. The molecule has 1 aromatic heterocycles. The maximum absolute atomic E-state index is 6.38. The molecule has 2 saturated carbocycles. The summed E-state index contributed by atoms with van der Waals surface area (Å²) in [5, 5.41) is 0. The van der Waals surface area contributed by atoms with Crippen LogP contribution in [0.4, 0.5) is 0 Å². The Morgan fingerprint density at radius 1 is 1.47 bits per heavy atom. The van der Waals surface area contributed by atoms with E-state index in [4.69, 9.17) is 5.73 Å². The van der Waals surface area contributed by atoms with Crippen molar-refractivity contribution in [3.63, 3.8) is 0 Å². The molecule has 2 aliphatic rings. The molecule has 1 heterocycles. The zero-order chi connectivity index (χ0) is 10.7. The predicted octanol–water partition coefficient (Wildman–Crippen LogP) is 2.79. The van der Waals surface area contributed by atoms with Crippen molar-refractivity contribution < 1.29 is 0 Å². The van der Waals surface area contributed by atoms with Gasteiger partial charge in [-0.1, -0.05) is 13.8 Å². The fourth-order valence-electron chi connectivity index (χ4n) is 2.36. The Kier molecular flexibility index (Phi) is 1.85. The van der Waals surface area contributed by atoms with E-state index in [1.54, 1.807) is 11.3 Å². The highest BCUT2D eigenvalue weighted by Crippen LogP contribution is 2.53. The molecular formula is C12H18N2S. The van der Waals surface area contributed by atoms with Crippen LogP contribution < -0.4 is 5.73 Å². The number of aromatic nitrogens is 1. The normalized spacial score (nSPS) is 24.2. The van der Waals surface area contributed by atoms with E-state index in [9.17, 15) is 0 Å². The van der Waals surface area contributed by atoms with Gasteiger partial charge in [0, 0.05) is 21.7 Å². The smallest absolute Gasteiger partial charge is 0.0798 e. The molecule has 2 nitrogen and oxygen atoms in total. The van der Waals surface area contributed by atoms with Crippen LogP contribution in [0.3, 0.4) is 0 Å². The van der Waals surface area contributed by atoms with Crippen molar-refractivity contribution >= 4 is 11.3 Å². The Morgan fingerprint density at radius 3 is 2.67 bits per heavy atom. The standard InChI is InChI=1S/C12H18N2S/c1-11(2,12(13)5-6-12)10-9(8-3-4-8)14-7-15-10/h7-8H,3-6,13H2,1-2H3. The first-order valence-corrected chi connectivity index (χ1v) is 6.65. The SMILES string of the molecule is CC(C)(c1scnc1C1CC1)C1(N)CC1. The lowest BCUT2D eigenvalue weighted by molar-refractivity contribution is 0.395. The van der Waals surface area contributed by atoms with Crippen molar-refractivity contribution in [2.75, 3.05) is 0 Å². The zero-order valence-corrected chi connectivity index (χ0v) is 10.2. The summed E-state index contributed by atoms with van der Waals surface area (Å²) < 4.78 is 0. The van der Waals surface area contributed by atoms with Crippen LogP contribution in [0.5, 0.6) is 0 Å². The maximum atomic E-state index is 6.38. The number of rotatable bonds is 3. The van der Waals surface area contributed by atoms with Crippen molar-refractivity contribution in [1.82, 2.24) is 4.98 Å². The summed E-state index contributed by atoms with van der Waals surface area (Å²) in [4.78, 5) is 6.00. The minimum absolute atomic E-state index is 0.0448. The second-order valence-corrected chi connectivity index (χ2v) is 6.48. The molecule has 15 heavy (non-hydrogen) atoms. The van der Waals surface area contributed by atoms with Crippen LogP contribution in [0.2, 0.25) is 0 Å². The van der Waals surface area contributed by atoms with Crippen molar-refractivity contribution in [2.24, 2.45) is 5.73 Å². The summed E-state index contributed by atoms with van der Waals surface area (Å²) in [6.45, 7) is 4.58. The van der Waals surface area contributed by atoms with E-state index in [1.807, 2.05) is 5.51 Å². The van der Waals surface area contributed by atoms with Crippen LogP contribution in [0.1, 0.15) is 56.0 Å². The van der Waals surface area contributed by atoms with Crippen LogP contribution >= 0.6 is 11.3 Å². The molecule has 1 aromatic rings. The molecule has 0 spiro atoms. The van der Waals surface area contributed by atoms with Gasteiger partial charge in [0.2, 0.25) is 0 Å². The minimum atomic E-state index is 0.0448. The quantitative estimate of drug-likeness (QED) is 0.854. The third-order valence-electron chi connectivity index (χ3n) is 4.16. The summed E-state index contributed by atoms with van der Waals surface area (Å²) in [7, 11) is 0. The van der Waals surface area contributed by atoms with Gasteiger partial charge in [0.1, 0.15) is 0 Å². The highest BCUT2D eigenvalue weighted by molar-refractivity contribution is 7.10. The van der Waals surface area contributed by atoms with Crippen molar-refractivity contribution in [2.45, 2.75) is 56.4 Å². The summed E-state index contributed by atoms with van der Waals surface area (Å²) in [5.41, 5.74) is 9.89. The molecule has 2 fully saturated rings. The van der Waals surface area contributed by atoms with Gasteiger partial charge in [-0.2, -0.15) is 0 Å². The topological polar surface area (TPSA) is 38.9 Å². The Balaban J connectivity index is 2.00. The van der Waals surface area contributed by atoms with Crippen LogP contribution in [0.25, 0.3) is 0 Å². The van der Waals surface area contributed by atoms with Gasteiger partial charge in [-0.3, -0.25) is 0 Å². The largest absolute Gasteiger partial charge is 0.324 e. The summed E-state index contributed by atoms with van der Waals surface area (Å²) in [6.07, 6.45) is 4.98. The van der Waals surface area contributed by atoms with Gasteiger partial charge in [-0.15, -0.1) is 11.3 Å². The first-order valence-electron chi connectivity index (χ1n) is 5.77. The minimum Gasteiger partial charge on any atom is -0.324 e. The monoisotopic (exact) mass is 222 g/mol. The molecule has 2 N–H and O–H groups in total. The van der Waals surface area contributed by atoms with Gasteiger partial charge in [0.25, 0.3) is 0 Å². The molecule has 0 aromatic carbocycles. The third kappa shape index (κ3) is 1.36. The van der Waals surface area contributed by atoms with Crippen LogP contribution in [-0.4, -0.2) is 10.5 Å². The molecule has 0 amide bonds. The lowest BCUT2D eigenvalue weighted by Gasteiger charge is -2.31. The number of nitrogens with zero attached hydrogens (tertiary/aromatic N) is 1. The first kappa shape index (κ1) is 9.79. The van der Waals surface area contributed by atoms with E-state index in [0.29, 0.717) is 0 Å².